The number of methoxy groups -OCH3 is 1. The first-order valence-electron chi connectivity index (χ1n) is 10.0. The lowest BCUT2D eigenvalue weighted by atomic mass is 9.83. The smallest absolute Gasteiger partial charge is 0.260 e. The van der Waals surface area contributed by atoms with Crippen molar-refractivity contribution in [2.75, 3.05) is 39.9 Å². The third kappa shape index (κ3) is 3.83. The van der Waals surface area contributed by atoms with Crippen LogP contribution >= 0.6 is 0 Å². The summed E-state index contributed by atoms with van der Waals surface area (Å²) in [5.41, 5.74) is 0. The van der Waals surface area contributed by atoms with E-state index in [4.69, 9.17) is 9.47 Å². The zero-order valence-electron chi connectivity index (χ0n) is 15.7. The van der Waals surface area contributed by atoms with Crippen molar-refractivity contribution in [3.8, 4) is 11.5 Å². The van der Waals surface area contributed by atoms with Crippen molar-refractivity contribution >= 4 is 5.91 Å². The van der Waals surface area contributed by atoms with Crippen molar-refractivity contribution in [3.63, 3.8) is 0 Å². The van der Waals surface area contributed by atoms with Gasteiger partial charge in [-0.3, -0.25) is 9.69 Å². The van der Waals surface area contributed by atoms with Crippen LogP contribution in [0, 0.1) is 11.8 Å². The number of hydrogen-bond donors (Lipinski definition) is 0. The van der Waals surface area contributed by atoms with Crippen LogP contribution in [-0.4, -0.2) is 61.6 Å². The van der Waals surface area contributed by atoms with Crippen LogP contribution in [0.2, 0.25) is 0 Å². The molecule has 2 atom stereocenters. The van der Waals surface area contributed by atoms with Gasteiger partial charge in [0.2, 0.25) is 0 Å². The fraction of sp³-hybridized carbons (Fsp3) is 0.667. The van der Waals surface area contributed by atoms with Crippen molar-refractivity contribution in [2.24, 2.45) is 11.8 Å². The highest BCUT2D eigenvalue weighted by molar-refractivity contribution is 5.78. The SMILES string of the molecule is COc1ccccc1OCC(=O)N1C[C@@H]2CC[C@H](C1)N(CC1CCC1)C2. The van der Waals surface area contributed by atoms with Gasteiger partial charge in [-0.1, -0.05) is 18.6 Å². The molecular formula is C21H30N2O3. The maximum Gasteiger partial charge on any atom is 0.260 e. The Balaban J connectivity index is 1.34. The Labute approximate surface area is 156 Å². The summed E-state index contributed by atoms with van der Waals surface area (Å²) < 4.78 is 11.1. The number of hydrogen-bond acceptors (Lipinski definition) is 4. The molecule has 0 unspecified atom stereocenters. The molecule has 5 rings (SSSR count). The van der Waals surface area contributed by atoms with Gasteiger partial charge < -0.3 is 14.4 Å². The second-order valence-electron chi connectivity index (χ2n) is 8.09. The number of carbonyl (C=O) groups excluding carboxylic acids is 1. The molecule has 2 bridgehead atoms. The number of para-hydroxylation sites is 2. The molecule has 26 heavy (non-hydrogen) atoms. The molecule has 3 saturated heterocycles. The number of piperidine rings is 1. The van der Waals surface area contributed by atoms with E-state index in [1.165, 1.54) is 38.6 Å². The van der Waals surface area contributed by atoms with E-state index in [2.05, 4.69) is 4.90 Å². The summed E-state index contributed by atoms with van der Waals surface area (Å²) in [6.07, 6.45) is 6.67. The molecule has 4 fully saturated rings. The van der Waals surface area contributed by atoms with Gasteiger partial charge in [-0.05, 0) is 49.7 Å². The Kier molecular flexibility index (Phi) is 5.34. The lowest BCUT2D eigenvalue weighted by molar-refractivity contribution is -0.133. The van der Waals surface area contributed by atoms with Crippen molar-refractivity contribution in [1.29, 1.82) is 0 Å². The van der Waals surface area contributed by atoms with Gasteiger partial charge in [-0.2, -0.15) is 0 Å². The number of ether oxygens (including phenoxy) is 2. The number of carbonyl (C=O) groups is 1. The highest BCUT2D eigenvalue weighted by atomic mass is 16.5. The van der Waals surface area contributed by atoms with E-state index >= 15 is 0 Å². The van der Waals surface area contributed by atoms with Crippen LogP contribution in [0.3, 0.4) is 0 Å². The van der Waals surface area contributed by atoms with Gasteiger partial charge in [0.1, 0.15) is 0 Å². The first-order valence-corrected chi connectivity index (χ1v) is 10.0. The molecule has 1 aromatic rings. The van der Waals surface area contributed by atoms with Crippen LogP contribution in [0.1, 0.15) is 32.1 Å². The van der Waals surface area contributed by atoms with Crippen LogP contribution in [0.4, 0.5) is 0 Å². The molecule has 3 aliphatic heterocycles. The van der Waals surface area contributed by atoms with Crippen LogP contribution in [0.15, 0.2) is 24.3 Å². The zero-order valence-corrected chi connectivity index (χ0v) is 15.7. The van der Waals surface area contributed by atoms with Gasteiger partial charge in [0.25, 0.3) is 5.91 Å². The van der Waals surface area contributed by atoms with Crippen LogP contribution < -0.4 is 9.47 Å². The molecule has 0 aromatic heterocycles. The third-order valence-corrected chi connectivity index (χ3v) is 6.32. The lowest BCUT2D eigenvalue weighted by Gasteiger charge is -2.40. The fourth-order valence-corrected chi connectivity index (χ4v) is 4.58. The summed E-state index contributed by atoms with van der Waals surface area (Å²) >= 11 is 0. The molecule has 0 N–H and O–H groups in total. The Hall–Kier alpha value is -1.75. The third-order valence-electron chi connectivity index (χ3n) is 6.32. The lowest BCUT2D eigenvalue weighted by Crippen LogP contribution is -2.47. The van der Waals surface area contributed by atoms with Crippen molar-refractivity contribution in [2.45, 2.75) is 38.1 Å². The van der Waals surface area contributed by atoms with Gasteiger partial charge in [0, 0.05) is 32.2 Å². The minimum absolute atomic E-state index is 0.0858. The van der Waals surface area contributed by atoms with Crippen molar-refractivity contribution < 1.29 is 14.3 Å². The molecule has 1 amide bonds. The minimum atomic E-state index is 0.0858. The molecule has 5 heteroatoms. The maximum absolute atomic E-state index is 12.8. The summed E-state index contributed by atoms with van der Waals surface area (Å²) in [5, 5.41) is 0. The zero-order chi connectivity index (χ0) is 17.9. The van der Waals surface area contributed by atoms with E-state index in [1.54, 1.807) is 7.11 Å². The van der Waals surface area contributed by atoms with E-state index in [0.717, 1.165) is 25.6 Å². The molecule has 1 saturated carbocycles. The van der Waals surface area contributed by atoms with Gasteiger partial charge in [-0.15, -0.1) is 0 Å². The summed E-state index contributed by atoms with van der Waals surface area (Å²) in [4.78, 5) is 17.5. The van der Waals surface area contributed by atoms with Gasteiger partial charge >= 0.3 is 0 Å². The first-order chi connectivity index (χ1) is 12.7. The van der Waals surface area contributed by atoms with Crippen LogP contribution in [-0.2, 0) is 4.79 Å². The highest BCUT2D eigenvalue weighted by Crippen LogP contribution is 2.33. The van der Waals surface area contributed by atoms with Crippen molar-refractivity contribution in [1.82, 2.24) is 9.80 Å². The van der Waals surface area contributed by atoms with Crippen molar-refractivity contribution in [3.05, 3.63) is 24.3 Å². The number of benzene rings is 1. The molecule has 3 heterocycles. The Bertz CT molecular complexity index is 631. The molecular weight excluding hydrogens is 328 g/mol. The quantitative estimate of drug-likeness (QED) is 0.784. The van der Waals surface area contributed by atoms with E-state index in [1.807, 2.05) is 29.2 Å². The Morgan fingerprint density at radius 1 is 1.08 bits per heavy atom. The second-order valence-corrected chi connectivity index (χ2v) is 8.09. The fourth-order valence-electron chi connectivity index (χ4n) is 4.58. The normalized spacial score (nSPS) is 26.3. The largest absolute Gasteiger partial charge is 0.493 e. The molecule has 4 aliphatic rings. The summed E-state index contributed by atoms with van der Waals surface area (Å²) in [7, 11) is 1.62. The van der Waals surface area contributed by atoms with Gasteiger partial charge in [0.05, 0.1) is 7.11 Å². The minimum Gasteiger partial charge on any atom is -0.493 e. The molecule has 142 valence electrons. The Morgan fingerprint density at radius 2 is 1.88 bits per heavy atom. The van der Waals surface area contributed by atoms with Crippen LogP contribution in [0.5, 0.6) is 11.5 Å². The average molecular weight is 358 g/mol. The average Bonchev–Trinajstić information content (AvgIpc) is 2.95. The van der Waals surface area contributed by atoms with Gasteiger partial charge in [0.15, 0.2) is 18.1 Å². The second kappa shape index (κ2) is 7.87. The van der Waals surface area contributed by atoms with E-state index in [-0.39, 0.29) is 12.5 Å². The summed E-state index contributed by atoms with van der Waals surface area (Å²) in [6.45, 7) is 4.23. The molecule has 0 radical (unpaired) electrons. The summed E-state index contributed by atoms with van der Waals surface area (Å²) in [6, 6.07) is 8.02. The molecule has 5 nitrogen and oxygen atoms in total. The maximum atomic E-state index is 12.8. The summed E-state index contributed by atoms with van der Waals surface area (Å²) in [5.74, 6) is 2.91. The van der Waals surface area contributed by atoms with E-state index in [0.29, 0.717) is 23.5 Å². The first kappa shape index (κ1) is 17.7. The molecule has 0 spiro atoms. The topological polar surface area (TPSA) is 42.0 Å². The van der Waals surface area contributed by atoms with Gasteiger partial charge in [-0.25, -0.2) is 0 Å². The predicted octanol–water partition coefficient (Wildman–Crippen LogP) is 2.80. The number of amides is 1. The molecule has 1 aliphatic carbocycles. The predicted molar refractivity (Wildman–Crippen MR) is 100 cm³/mol. The number of rotatable bonds is 6. The Morgan fingerprint density at radius 3 is 2.62 bits per heavy atom. The standard InChI is InChI=1S/C21H30N2O3/c1-25-19-7-2-3-8-20(19)26-15-21(24)23-13-17-9-10-18(14-23)22(12-17)11-16-5-4-6-16/h2-3,7-8,16-18H,4-6,9-15H2,1H3/t17-,18-/m1/s1. The highest BCUT2D eigenvalue weighted by Gasteiger charge is 2.37. The van der Waals surface area contributed by atoms with Crippen LogP contribution in [0.25, 0.3) is 0 Å². The number of nitrogens with zero attached hydrogens (tertiary/aromatic N) is 2. The van der Waals surface area contributed by atoms with E-state index in [9.17, 15) is 4.79 Å². The monoisotopic (exact) mass is 358 g/mol. The van der Waals surface area contributed by atoms with E-state index < -0.39 is 0 Å². The number of fused-ring (bicyclic) bond motifs is 4. The molecule has 1 aromatic carbocycles.